The van der Waals surface area contributed by atoms with Crippen molar-refractivity contribution in [3.8, 4) is 0 Å². The largest absolute Gasteiger partial charge is 0.467 e. The van der Waals surface area contributed by atoms with Crippen molar-refractivity contribution < 1.29 is 18.8 Å². The van der Waals surface area contributed by atoms with E-state index in [4.69, 9.17) is 8.94 Å². The van der Waals surface area contributed by atoms with Gasteiger partial charge in [-0.1, -0.05) is 5.16 Å². The van der Waals surface area contributed by atoms with Crippen LogP contribution >= 0.6 is 0 Å². The SMILES string of the molecule is Cc1noc(C)c1CCNC(=O)NC(C)CC(O)c1ccco1. The second-order valence-electron chi connectivity index (χ2n) is 5.62. The van der Waals surface area contributed by atoms with Crippen LogP contribution in [0.1, 0.15) is 42.2 Å². The molecule has 0 bridgehead atoms. The molecule has 0 spiro atoms. The fourth-order valence-corrected chi connectivity index (χ4v) is 2.43. The summed E-state index contributed by atoms with van der Waals surface area (Å²) in [5.41, 5.74) is 1.87. The molecule has 2 aromatic heterocycles. The zero-order chi connectivity index (χ0) is 16.8. The number of urea groups is 1. The van der Waals surface area contributed by atoms with Crippen LogP contribution in [0, 0.1) is 13.8 Å². The molecule has 0 radical (unpaired) electrons. The standard InChI is InChI=1S/C16H23N3O4/c1-10(9-14(20)15-5-4-8-22-15)18-16(21)17-7-6-13-11(2)19-23-12(13)3/h4-5,8,10,14,20H,6-7,9H2,1-3H3,(H2,17,18,21). The summed E-state index contributed by atoms with van der Waals surface area (Å²) in [4.78, 5) is 11.9. The lowest BCUT2D eigenvalue weighted by atomic mass is 10.1. The van der Waals surface area contributed by atoms with Crippen LogP contribution in [-0.2, 0) is 6.42 Å². The first-order valence-electron chi connectivity index (χ1n) is 7.65. The second kappa shape index (κ2) is 7.82. The Morgan fingerprint density at radius 3 is 2.83 bits per heavy atom. The molecule has 2 rings (SSSR count). The average molecular weight is 321 g/mol. The van der Waals surface area contributed by atoms with Crippen LogP contribution in [-0.4, -0.2) is 28.9 Å². The normalized spacial score (nSPS) is 13.6. The zero-order valence-electron chi connectivity index (χ0n) is 13.6. The van der Waals surface area contributed by atoms with Crippen molar-refractivity contribution in [1.29, 1.82) is 0 Å². The summed E-state index contributed by atoms with van der Waals surface area (Å²) in [5.74, 6) is 1.28. The molecular weight excluding hydrogens is 298 g/mol. The summed E-state index contributed by atoms with van der Waals surface area (Å²) in [6.07, 6.45) is 1.82. The van der Waals surface area contributed by atoms with Gasteiger partial charge in [-0.25, -0.2) is 4.79 Å². The first-order chi connectivity index (χ1) is 11.0. The molecule has 0 saturated heterocycles. The van der Waals surface area contributed by atoms with E-state index in [2.05, 4.69) is 15.8 Å². The van der Waals surface area contributed by atoms with E-state index in [9.17, 15) is 9.90 Å². The van der Waals surface area contributed by atoms with E-state index in [1.54, 1.807) is 12.1 Å². The highest BCUT2D eigenvalue weighted by molar-refractivity contribution is 5.74. The van der Waals surface area contributed by atoms with Crippen LogP contribution in [0.25, 0.3) is 0 Å². The lowest BCUT2D eigenvalue weighted by molar-refractivity contribution is 0.129. The maximum atomic E-state index is 11.9. The van der Waals surface area contributed by atoms with Crippen molar-refractivity contribution in [2.45, 2.75) is 45.8 Å². The van der Waals surface area contributed by atoms with Gasteiger partial charge >= 0.3 is 6.03 Å². The zero-order valence-corrected chi connectivity index (χ0v) is 13.6. The quantitative estimate of drug-likeness (QED) is 0.726. The average Bonchev–Trinajstić information content (AvgIpc) is 3.12. The van der Waals surface area contributed by atoms with E-state index in [0.29, 0.717) is 25.1 Å². The van der Waals surface area contributed by atoms with E-state index in [1.807, 2.05) is 20.8 Å². The van der Waals surface area contributed by atoms with Crippen molar-refractivity contribution in [3.05, 3.63) is 41.2 Å². The Bertz CT molecular complexity index is 602. The third-order valence-corrected chi connectivity index (χ3v) is 3.67. The van der Waals surface area contributed by atoms with Crippen LogP contribution in [0.5, 0.6) is 0 Å². The Kier molecular flexibility index (Phi) is 5.81. The van der Waals surface area contributed by atoms with Crippen LogP contribution in [0.4, 0.5) is 4.79 Å². The Morgan fingerprint density at radius 2 is 2.22 bits per heavy atom. The fraction of sp³-hybridized carbons (Fsp3) is 0.500. The molecule has 0 fully saturated rings. The third-order valence-electron chi connectivity index (χ3n) is 3.67. The van der Waals surface area contributed by atoms with Gasteiger partial charge in [-0.3, -0.25) is 0 Å². The number of carbonyl (C=O) groups excluding carboxylic acids is 1. The van der Waals surface area contributed by atoms with Crippen molar-refractivity contribution in [3.63, 3.8) is 0 Å². The number of nitrogens with one attached hydrogen (secondary N) is 2. The van der Waals surface area contributed by atoms with Gasteiger partial charge in [-0.15, -0.1) is 0 Å². The second-order valence-corrected chi connectivity index (χ2v) is 5.62. The Morgan fingerprint density at radius 1 is 1.43 bits per heavy atom. The van der Waals surface area contributed by atoms with Crippen molar-refractivity contribution in [2.75, 3.05) is 6.54 Å². The molecule has 0 saturated carbocycles. The highest BCUT2D eigenvalue weighted by atomic mass is 16.5. The number of aliphatic hydroxyl groups is 1. The predicted molar refractivity (Wildman–Crippen MR) is 84.0 cm³/mol. The molecule has 2 aromatic rings. The van der Waals surface area contributed by atoms with Crippen LogP contribution < -0.4 is 10.6 Å². The molecule has 0 aromatic carbocycles. The van der Waals surface area contributed by atoms with E-state index < -0.39 is 6.10 Å². The number of aryl methyl sites for hydroxylation is 2. The van der Waals surface area contributed by atoms with Gasteiger partial charge in [0, 0.05) is 24.6 Å². The third kappa shape index (κ3) is 4.85. The topological polar surface area (TPSA) is 101 Å². The molecule has 2 atom stereocenters. The van der Waals surface area contributed by atoms with E-state index in [0.717, 1.165) is 17.0 Å². The molecule has 0 aliphatic heterocycles. The van der Waals surface area contributed by atoms with Crippen molar-refractivity contribution >= 4 is 6.03 Å². The van der Waals surface area contributed by atoms with Gasteiger partial charge in [-0.2, -0.15) is 0 Å². The minimum atomic E-state index is -0.734. The predicted octanol–water partition coefficient (Wildman–Crippen LogP) is 2.24. The molecule has 3 N–H and O–H groups in total. The maximum Gasteiger partial charge on any atom is 0.315 e. The summed E-state index contributed by atoms with van der Waals surface area (Å²) in [7, 11) is 0. The van der Waals surface area contributed by atoms with Gasteiger partial charge in [0.25, 0.3) is 0 Å². The van der Waals surface area contributed by atoms with Gasteiger partial charge in [0.15, 0.2) is 0 Å². The van der Waals surface area contributed by atoms with E-state index in [-0.39, 0.29) is 12.1 Å². The number of rotatable bonds is 7. The monoisotopic (exact) mass is 321 g/mol. The number of nitrogens with zero attached hydrogens (tertiary/aromatic N) is 1. The highest BCUT2D eigenvalue weighted by Gasteiger charge is 2.16. The molecule has 2 unspecified atom stereocenters. The van der Waals surface area contributed by atoms with Crippen LogP contribution in [0.3, 0.4) is 0 Å². The summed E-state index contributed by atoms with van der Waals surface area (Å²) in [6.45, 7) is 6.06. The van der Waals surface area contributed by atoms with Gasteiger partial charge in [0.1, 0.15) is 17.6 Å². The summed E-state index contributed by atoms with van der Waals surface area (Å²) in [5, 5.41) is 19.4. The molecule has 2 amide bonds. The fourth-order valence-electron chi connectivity index (χ4n) is 2.43. The van der Waals surface area contributed by atoms with Crippen LogP contribution in [0.15, 0.2) is 27.3 Å². The Labute approximate surface area is 135 Å². The molecule has 23 heavy (non-hydrogen) atoms. The number of aliphatic hydroxyl groups excluding tert-OH is 1. The number of carbonyl (C=O) groups is 1. The van der Waals surface area contributed by atoms with Crippen molar-refractivity contribution in [2.24, 2.45) is 0 Å². The van der Waals surface area contributed by atoms with Gasteiger partial charge in [0.05, 0.1) is 12.0 Å². The first-order valence-corrected chi connectivity index (χ1v) is 7.65. The molecule has 7 heteroatoms. The minimum absolute atomic E-state index is 0.186. The number of amides is 2. The van der Waals surface area contributed by atoms with E-state index in [1.165, 1.54) is 6.26 Å². The Balaban J connectivity index is 1.70. The van der Waals surface area contributed by atoms with Gasteiger partial charge < -0.3 is 24.7 Å². The summed E-state index contributed by atoms with van der Waals surface area (Å²) in [6, 6.07) is 2.98. The molecule has 2 heterocycles. The smallest absolute Gasteiger partial charge is 0.315 e. The number of hydrogen-bond donors (Lipinski definition) is 3. The highest BCUT2D eigenvalue weighted by Crippen LogP contribution is 2.18. The molecule has 0 aliphatic rings. The van der Waals surface area contributed by atoms with Crippen LogP contribution in [0.2, 0.25) is 0 Å². The van der Waals surface area contributed by atoms with Crippen molar-refractivity contribution in [1.82, 2.24) is 15.8 Å². The summed E-state index contributed by atoms with van der Waals surface area (Å²) < 4.78 is 10.2. The van der Waals surface area contributed by atoms with E-state index >= 15 is 0 Å². The first kappa shape index (κ1) is 17.1. The molecule has 7 nitrogen and oxygen atoms in total. The number of hydrogen-bond acceptors (Lipinski definition) is 5. The molecule has 126 valence electrons. The Hall–Kier alpha value is -2.28. The minimum Gasteiger partial charge on any atom is -0.467 e. The van der Waals surface area contributed by atoms with Gasteiger partial charge in [0.2, 0.25) is 0 Å². The molecule has 0 aliphatic carbocycles. The lowest BCUT2D eigenvalue weighted by Gasteiger charge is -2.17. The van der Waals surface area contributed by atoms with Gasteiger partial charge in [-0.05, 0) is 39.3 Å². The lowest BCUT2D eigenvalue weighted by Crippen LogP contribution is -2.42. The summed E-state index contributed by atoms with van der Waals surface area (Å²) >= 11 is 0. The number of aromatic nitrogens is 1. The molecular formula is C16H23N3O4. The number of furan rings is 1. The maximum absolute atomic E-state index is 11.9.